The number of morpholine rings is 1. The highest BCUT2D eigenvalue weighted by atomic mass is 16.5. The molecule has 0 aliphatic carbocycles. The molecular formula is C18H23N5O2. The van der Waals surface area contributed by atoms with Crippen LogP contribution >= 0.6 is 0 Å². The Balaban J connectivity index is 1.57. The minimum atomic E-state index is -0.227. The third-order valence-electron chi connectivity index (χ3n) is 4.10. The molecule has 2 aromatic heterocycles. The van der Waals surface area contributed by atoms with E-state index in [1.807, 2.05) is 37.3 Å². The van der Waals surface area contributed by atoms with E-state index in [0.29, 0.717) is 19.8 Å². The van der Waals surface area contributed by atoms with Crippen molar-refractivity contribution in [1.29, 1.82) is 0 Å². The SMILES string of the molecule is CC(NC(=O)NCc1cccnc1N1CCOCC1)c1ccccn1. The second kappa shape index (κ2) is 8.43. The Bertz CT molecular complexity index is 689. The van der Waals surface area contributed by atoms with Crippen LogP contribution in [0.5, 0.6) is 0 Å². The van der Waals surface area contributed by atoms with Crippen LogP contribution in [0.15, 0.2) is 42.7 Å². The second-order valence-corrected chi connectivity index (χ2v) is 5.89. The summed E-state index contributed by atoms with van der Waals surface area (Å²) in [4.78, 5) is 23.1. The van der Waals surface area contributed by atoms with Crippen LogP contribution in [0.2, 0.25) is 0 Å². The summed E-state index contributed by atoms with van der Waals surface area (Å²) in [7, 11) is 0. The van der Waals surface area contributed by atoms with Gasteiger partial charge >= 0.3 is 6.03 Å². The Labute approximate surface area is 147 Å². The van der Waals surface area contributed by atoms with Crippen LogP contribution < -0.4 is 15.5 Å². The minimum absolute atomic E-state index is 0.159. The first kappa shape index (κ1) is 17.2. The molecule has 2 N–H and O–H groups in total. The fraction of sp³-hybridized carbons (Fsp3) is 0.389. The lowest BCUT2D eigenvalue weighted by molar-refractivity contribution is 0.122. The molecule has 25 heavy (non-hydrogen) atoms. The summed E-state index contributed by atoms with van der Waals surface area (Å²) in [6.07, 6.45) is 3.49. The number of nitrogens with one attached hydrogen (secondary N) is 2. The maximum absolute atomic E-state index is 12.2. The van der Waals surface area contributed by atoms with Gasteiger partial charge in [0.1, 0.15) is 5.82 Å². The number of amides is 2. The quantitative estimate of drug-likeness (QED) is 0.868. The van der Waals surface area contributed by atoms with Gasteiger partial charge in [-0.15, -0.1) is 0 Å². The molecule has 1 atom stereocenters. The number of aromatic nitrogens is 2. The van der Waals surface area contributed by atoms with Crippen molar-refractivity contribution in [3.63, 3.8) is 0 Å². The van der Waals surface area contributed by atoms with Gasteiger partial charge in [-0.3, -0.25) is 4.98 Å². The van der Waals surface area contributed by atoms with Gasteiger partial charge in [0.05, 0.1) is 24.9 Å². The lowest BCUT2D eigenvalue weighted by Gasteiger charge is -2.29. The van der Waals surface area contributed by atoms with Crippen LogP contribution in [0.4, 0.5) is 10.6 Å². The molecule has 1 unspecified atom stereocenters. The summed E-state index contributed by atoms with van der Waals surface area (Å²) in [5.41, 5.74) is 1.82. The zero-order valence-electron chi connectivity index (χ0n) is 14.3. The Hall–Kier alpha value is -2.67. The first-order chi connectivity index (χ1) is 12.2. The normalized spacial score (nSPS) is 15.5. The summed E-state index contributed by atoms with van der Waals surface area (Å²) >= 11 is 0. The Morgan fingerprint density at radius 3 is 2.76 bits per heavy atom. The molecule has 2 amide bonds. The summed E-state index contributed by atoms with van der Waals surface area (Å²) in [5, 5.41) is 5.80. The molecule has 0 saturated carbocycles. The predicted molar refractivity (Wildman–Crippen MR) is 95.3 cm³/mol. The number of ether oxygens (including phenoxy) is 1. The molecule has 0 aromatic carbocycles. The number of carbonyl (C=O) groups excluding carboxylic acids is 1. The lowest BCUT2D eigenvalue weighted by Crippen LogP contribution is -2.39. The molecule has 0 bridgehead atoms. The van der Waals surface area contributed by atoms with Gasteiger partial charge in [0.2, 0.25) is 0 Å². The highest BCUT2D eigenvalue weighted by Gasteiger charge is 2.16. The smallest absolute Gasteiger partial charge is 0.315 e. The Kier molecular flexibility index (Phi) is 5.79. The van der Waals surface area contributed by atoms with Crippen molar-refractivity contribution in [2.45, 2.75) is 19.5 Å². The highest BCUT2D eigenvalue weighted by molar-refractivity contribution is 5.74. The summed E-state index contributed by atoms with van der Waals surface area (Å²) in [6, 6.07) is 9.14. The zero-order chi connectivity index (χ0) is 17.5. The fourth-order valence-corrected chi connectivity index (χ4v) is 2.76. The van der Waals surface area contributed by atoms with Crippen molar-refractivity contribution in [2.24, 2.45) is 0 Å². The van der Waals surface area contributed by atoms with E-state index in [4.69, 9.17) is 4.74 Å². The number of carbonyl (C=O) groups is 1. The number of hydrogen-bond donors (Lipinski definition) is 2. The average Bonchev–Trinajstić information content (AvgIpc) is 2.68. The van der Waals surface area contributed by atoms with Crippen molar-refractivity contribution in [3.8, 4) is 0 Å². The predicted octanol–water partition coefficient (Wildman–Crippen LogP) is 1.87. The first-order valence-corrected chi connectivity index (χ1v) is 8.46. The molecule has 7 nitrogen and oxygen atoms in total. The van der Waals surface area contributed by atoms with E-state index >= 15 is 0 Å². The Morgan fingerprint density at radius 1 is 1.20 bits per heavy atom. The number of rotatable bonds is 5. The van der Waals surface area contributed by atoms with E-state index in [-0.39, 0.29) is 12.1 Å². The van der Waals surface area contributed by atoms with Gasteiger partial charge in [-0.2, -0.15) is 0 Å². The van der Waals surface area contributed by atoms with Gasteiger partial charge in [-0.25, -0.2) is 9.78 Å². The van der Waals surface area contributed by atoms with Crippen LogP contribution in [0.3, 0.4) is 0 Å². The number of hydrogen-bond acceptors (Lipinski definition) is 5. The van der Waals surface area contributed by atoms with Gasteiger partial charge in [0.25, 0.3) is 0 Å². The Morgan fingerprint density at radius 2 is 2.00 bits per heavy atom. The standard InChI is InChI=1S/C18H23N5O2/c1-14(16-6-2-3-7-19-16)22-18(24)21-13-15-5-4-8-20-17(15)23-9-11-25-12-10-23/h2-8,14H,9-13H2,1H3,(H2,21,22,24). The number of anilines is 1. The number of nitrogens with zero attached hydrogens (tertiary/aromatic N) is 3. The van der Waals surface area contributed by atoms with Gasteiger partial charge < -0.3 is 20.3 Å². The molecule has 7 heteroatoms. The molecule has 3 heterocycles. The average molecular weight is 341 g/mol. The maximum Gasteiger partial charge on any atom is 0.315 e. The van der Waals surface area contributed by atoms with Crippen molar-refractivity contribution in [1.82, 2.24) is 20.6 Å². The van der Waals surface area contributed by atoms with Crippen LogP contribution in [0.1, 0.15) is 24.2 Å². The van der Waals surface area contributed by atoms with Crippen molar-refractivity contribution in [3.05, 3.63) is 54.0 Å². The summed E-state index contributed by atoms with van der Waals surface area (Å²) in [5.74, 6) is 0.906. The molecule has 3 rings (SSSR count). The van der Waals surface area contributed by atoms with Crippen molar-refractivity contribution >= 4 is 11.8 Å². The highest BCUT2D eigenvalue weighted by Crippen LogP contribution is 2.18. The van der Waals surface area contributed by atoms with Crippen LogP contribution in [-0.4, -0.2) is 42.3 Å². The molecule has 1 aliphatic rings. The van der Waals surface area contributed by atoms with E-state index < -0.39 is 0 Å². The van der Waals surface area contributed by atoms with Gasteiger partial charge in [-0.1, -0.05) is 12.1 Å². The number of urea groups is 1. The second-order valence-electron chi connectivity index (χ2n) is 5.89. The summed E-state index contributed by atoms with van der Waals surface area (Å²) < 4.78 is 5.39. The largest absolute Gasteiger partial charge is 0.378 e. The molecular weight excluding hydrogens is 318 g/mol. The number of pyridine rings is 2. The van der Waals surface area contributed by atoms with E-state index in [9.17, 15) is 4.79 Å². The van der Waals surface area contributed by atoms with E-state index in [0.717, 1.165) is 30.2 Å². The van der Waals surface area contributed by atoms with Crippen LogP contribution in [0.25, 0.3) is 0 Å². The zero-order valence-corrected chi connectivity index (χ0v) is 14.3. The third-order valence-corrected chi connectivity index (χ3v) is 4.10. The van der Waals surface area contributed by atoms with Gasteiger partial charge in [-0.05, 0) is 25.1 Å². The third kappa shape index (κ3) is 4.67. The lowest BCUT2D eigenvalue weighted by atomic mass is 10.2. The van der Waals surface area contributed by atoms with Crippen LogP contribution in [-0.2, 0) is 11.3 Å². The maximum atomic E-state index is 12.2. The minimum Gasteiger partial charge on any atom is -0.378 e. The topological polar surface area (TPSA) is 79.4 Å². The van der Waals surface area contributed by atoms with E-state index in [2.05, 4.69) is 25.5 Å². The molecule has 2 aromatic rings. The molecule has 1 saturated heterocycles. The van der Waals surface area contributed by atoms with E-state index in [1.54, 1.807) is 12.4 Å². The molecule has 0 radical (unpaired) electrons. The van der Waals surface area contributed by atoms with Gasteiger partial charge in [0.15, 0.2) is 0 Å². The molecule has 1 fully saturated rings. The van der Waals surface area contributed by atoms with E-state index in [1.165, 1.54) is 0 Å². The summed E-state index contributed by atoms with van der Waals surface area (Å²) in [6.45, 7) is 5.35. The van der Waals surface area contributed by atoms with Gasteiger partial charge in [0, 0.05) is 37.6 Å². The molecule has 1 aliphatic heterocycles. The monoisotopic (exact) mass is 341 g/mol. The van der Waals surface area contributed by atoms with Crippen molar-refractivity contribution in [2.75, 3.05) is 31.2 Å². The fourth-order valence-electron chi connectivity index (χ4n) is 2.76. The molecule has 132 valence electrons. The van der Waals surface area contributed by atoms with Crippen LogP contribution in [0, 0.1) is 0 Å². The van der Waals surface area contributed by atoms with Crippen molar-refractivity contribution < 1.29 is 9.53 Å². The first-order valence-electron chi connectivity index (χ1n) is 8.46. The molecule has 0 spiro atoms.